The molecule has 1 spiro atoms. The van der Waals surface area contributed by atoms with E-state index in [0.29, 0.717) is 69.6 Å². The summed E-state index contributed by atoms with van der Waals surface area (Å²) in [5.74, 6) is -0.362. The monoisotopic (exact) mass is 913 g/mol. The van der Waals surface area contributed by atoms with E-state index in [1.807, 2.05) is 53.0 Å². The van der Waals surface area contributed by atoms with Crippen LogP contribution in [-0.4, -0.2) is 102 Å². The number of allylic oxidation sites excluding steroid dienone is 9. The second kappa shape index (κ2) is 23.5. The summed E-state index contributed by atoms with van der Waals surface area (Å²) in [5.41, 5.74) is 4.18. The largest absolute Gasteiger partial charge is 0.396 e. The lowest BCUT2D eigenvalue weighted by atomic mass is 9.45. The Morgan fingerprint density at radius 2 is 1.86 bits per heavy atom. The Bertz CT molecular complexity index is 1950. The summed E-state index contributed by atoms with van der Waals surface area (Å²) in [5, 5.41) is 66.1. The molecule has 1 aromatic carbocycles. The Kier molecular flexibility index (Phi) is 18.7. The van der Waals surface area contributed by atoms with Gasteiger partial charge in [0, 0.05) is 49.5 Å². The summed E-state index contributed by atoms with van der Waals surface area (Å²) < 4.78 is 11.8. The molecule has 366 valence electrons. The number of hydrogen-bond acceptors (Lipinski definition) is 10. The molecule has 3 fully saturated rings. The van der Waals surface area contributed by atoms with Crippen molar-refractivity contribution in [2.75, 3.05) is 40.5 Å². The van der Waals surface area contributed by atoms with Crippen molar-refractivity contribution >= 4 is 6.29 Å². The van der Waals surface area contributed by atoms with Crippen LogP contribution >= 0.6 is 0 Å². The van der Waals surface area contributed by atoms with Crippen molar-refractivity contribution < 1.29 is 39.8 Å². The predicted molar refractivity (Wildman–Crippen MR) is 263 cm³/mol. The maximum Gasteiger partial charge on any atom is 0.155 e. The van der Waals surface area contributed by atoms with Crippen molar-refractivity contribution in [1.29, 1.82) is 0 Å². The summed E-state index contributed by atoms with van der Waals surface area (Å²) in [6.45, 7) is 13.8. The van der Waals surface area contributed by atoms with Gasteiger partial charge in [-0.15, -0.1) is 0 Å². The van der Waals surface area contributed by atoms with Crippen LogP contribution < -0.4 is 10.6 Å². The van der Waals surface area contributed by atoms with Crippen LogP contribution in [0.4, 0.5) is 0 Å². The molecule has 1 aromatic rings. The first-order valence-corrected chi connectivity index (χ1v) is 25.2. The van der Waals surface area contributed by atoms with E-state index in [1.54, 1.807) is 7.11 Å². The Morgan fingerprint density at radius 1 is 1.11 bits per heavy atom. The number of hydrogen-bond donors (Lipinski definition) is 7. The molecule has 66 heavy (non-hydrogen) atoms. The van der Waals surface area contributed by atoms with Crippen LogP contribution in [-0.2, 0) is 27.1 Å². The average Bonchev–Trinajstić information content (AvgIpc) is 3.96. The molecule has 7 N–H and O–H groups in total. The fourth-order valence-electron chi connectivity index (χ4n) is 13.1. The van der Waals surface area contributed by atoms with Crippen LogP contribution in [0.15, 0.2) is 95.2 Å². The molecule has 0 radical (unpaired) electrons. The maximum atomic E-state index is 13.1. The minimum absolute atomic E-state index is 0.0407. The van der Waals surface area contributed by atoms with Crippen molar-refractivity contribution in [2.45, 2.75) is 147 Å². The molecular weight excluding hydrogens is 829 g/mol. The van der Waals surface area contributed by atoms with Crippen LogP contribution in [0.2, 0.25) is 0 Å². The van der Waals surface area contributed by atoms with Crippen molar-refractivity contribution in [1.82, 2.24) is 10.6 Å². The Hall–Kier alpha value is -3.03. The molecule has 0 unspecified atom stereocenters. The zero-order chi connectivity index (χ0) is 47.6. The summed E-state index contributed by atoms with van der Waals surface area (Å²) in [6, 6.07) is 8.90. The second-order valence-electron chi connectivity index (χ2n) is 21.2. The fraction of sp³-hybridized carbons (Fsp3) is 0.661. The molecule has 1 heterocycles. The zero-order valence-electron chi connectivity index (χ0n) is 41.0. The molecular formula is C56H84N2O8. The summed E-state index contributed by atoms with van der Waals surface area (Å²) in [6.07, 6.45) is 21.2. The third-order valence-corrected chi connectivity index (χ3v) is 16.6. The van der Waals surface area contributed by atoms with Gasteiger partial charge in [0.25, 0.3) is 0 Å². The Balaban J connectivity index is 1.33. The molecule has 3 saturated carbocycles. The SMILES string of the molecule is C=C(/C=C/C=C(/CO[C@H](O)CC(C)C)[C@@H]1CC[C@]2([C@@H]1O)[C@@H]1C(=C(C)C=O)[C@@H](C=C[C@H]1CCO)C[C@]2(O)CCNC)[C@H]1C/C=C(\C)[C@@H](O)N[C@@](CCOC)(C2CCCC2)Cc2cccc(c2)C1. The van der Waals surface area contributed by atoms with Gasteiger partial charge >= 0.3 is 0 Å². The highest BCUT2D eigenvalue weighted by Crippen LogP contribution is 2.67. The number of ether oxygens (including phenoxy) is 2. The highest BCUT2D eigenvalue weighted by molar-refractivity contribution is 5.74. The zero-order valence-corrected chi connectivity index (χ0v) is 41.0. The number of rotatable bonds is 19. The van der Waals surface area contributed by atoms with Gasteiger partial charge in [0.1, 0.15) is 12.5 Å². The van der Waals surface area contributed by atoms with Crippen molar-refractivity contribution in [2.24, 2.45) is 46.8 Å². The summed E-state index contributed by atoms with van der Waals surface area (Å²) in [7, 11) is 3.62. The van der Waals surface area contributed by atoms with Gasteiger partial charge in [0.15, 0.2) is 6.29 Å². The van der Waals surface area contributed by atoms with Gasteiger partial charge in [-0.1, -0.05) is 105 Å². The van der Waals surface area contributed by atoms with Crippen LogP contribution in [0, 0.1) is 46.8 Å². The molecule has 5 aliphatic rings. The van der Waals surface area contributed by atoms with Gasteiger partial charge in [-0.05, 0) is 156 Å². The molecule has 10 heteroatoms. The van der Waals surface area contributed by atoms with E-state index in [0.717, 1.165) is 60.7 Å². The topological polar surface area (TPSA) is 161 Å². The number of methoxy groups -OCH3 is 1. The molecule has 6 rings (SSSR count). The van der Waals surface area contributed by atoms with Crippen molar-refractivity contribution in [3.05, 3.63) is 106 Å². The lowest BCUT2D eigenvalue weighted by molar-refractivity contribution is -0.194. The van der Waals surface area contributed by atoms with E-state index in [-0.39, 0.29) is 48.3 Å². The lowest BCUT2D eigenvalue weighted by Gasteiger charge is -2.61. The van der Waals surface area contributed by atoms with Crippen LogP contribution in [0.5, 0.6) is 0 Å². The first-order valence-electron chi connectivity index (χ1n) is 25.2. The van der Waals surface area contributed by atoms with E-state index in [9.17, 15) is 30.3 Å². The first-order chi connectivity index (χ1) is 31.6. The molecule has 1 aliphatic heterocycles. The molecule has 10 nitrogen and oxygen atoms in total. The maximum absolute atomic E-state index is 13.1. The van der Waals surface area contributed by atoms with E-state index in [1.165, 1.54) is 24.0 Å². The van der Waals surface area contributed by atoms with Gasteiger partial charge in [-0.2, -0.15) is 0 Å². The van der Waals surface area contributed by atoms with Gasteiger partial charge in [0.05, 0.1) is 18.3 Å². The van der Waals surface area contributed by atoms with Crippen LogP contribution in [0.3, 0.4) is 0 Å². The van der Waals surface area contributed by atoms with Crippen LogP contribution in [0.1, 0.15) is 116 Å². The molecule has 4 aliphatic carbocycles. The minimum atomic E-state index is -1.26. The third kappa shape index (κ3) is 11.5. The number of aldehydes is 1. The van der Waals surface area contributed by atoms with Gasteiger partial charge in [-0.25, -0.2) is 0 Å². The van der Waals surface area contributed by atoms with Gasteiger partial charge in [-0.3, -0.25) is 10.1 Å². The Labute approximate surface area is 396 Å². The van der Waals surface area contributed by atoms with E-state index in [4.69, 9.17) is 9.47 Å². The fourth-order valence-corrected chi connectivity index (χ4v) is 13.1. The number of nitrogens with one attached hydrogen (secondary N) is 2. The third-order valence-electron chi connectivity index (χ3n) is 16.6. The standard InChI is InChI=1S/C56H84N2O8/c1-37(2)30-49(61)66-36-46(48-22-24-56(52(48)62)51-43(23-28-59)20-21-45(50(51)40(5)35-60)34-55(56,64)25-27-57-6)15-10-12-38(3)44-19-18-39(4)53(63)58-54(26-29-65-7,47-16-8-9-17-47)33-42-14-11-13-41(31-42)32-44/h10-15,18,20-21,31,35,37,43-45,47-49,51-53,57-59,61-64H,3,8-9,16-17,19,22-30,32-34,36H2,1-2,4-7H3/b12-10+,39-18+,46-15-,50-40?/t43-,44-,45-,48-,49-,51-,52+,53+,54+,55+,56+/m0/s1. The highest BCUT2D eigenvalue weighted by Gasteiger charge is 2.68. The van der Waals surface area contributed by atoms with Crippen molar-refractivity contribution in [3.63, 3.8) is 0 Å². The van der Waals surface area contributed by atoms with Crippen molar-refractivity contribution in [3.8, 4) is 0 Å². The van der Waals surface area contributed by atoms with E-state index in [2.05, 4.69) is 59.7 Å². The normalized spacial score (nSPS) is 35.2. The smallest absolute Gasteiger partial charge is 0.155 e. The van der Waals surface area contributed by atoms with E-state index >= 15 is 0 Å². The van der Waals surface area contributed by atoms with Gasteiger partial charge < -0.3 is 40.3 Å². The summed E-state index contributed by atoms with van der Waals surface area (Å²) in [4.78, 5) is 12.5. The molecule has 4 bridgehead atoms. The molecule has 0 saturated heterocycles. The van der Waals surface area contributed by atoms with Gasteiger partial charge in [0.2, 0.25) is 0 Å². The quantitative estimate of drug-likeness (QED) is 0.0240. The molecule has 0 aromatic heterocycles. The predicted octanol–water partition coefficient (Wildman–Crippen LogP) is 7.85. The first kappa shape index (κ1) is 52.3. The average molecular weight is 913 g/mol. The number of fused-ring (bicyclic) bond motifs is 5. The molecule has 0 amide bonds. The molecule has 11 atom stereocenters. The summed E-state index contributed by atoms with van der Waals surface area (Å²) >= 11 is 0. The minimum Gasteiger partial charge on any atom is -0.396 e. The number of benzene rings is 1. The number of aliphatic hydroxyl groups excluding tert-OH is 4. The number of carbonyl (C=O) groups is 1. The number of carbonyl (C=O) groups excluding carboxylic acids is 1. The number of aliphatic hydroxyl groups is 5. The highest BCUT2D eigenvalue weighted by atomic mass is 16.6. The lowest BCUT2D eigenvalue weighted by Crippen LogP contribution is -2.65. The second-order valence-corrected chi connectivity index (χ2v) is 21.2. The Morgan fingerprint density at radius 3 is 2.56 bits per heavy atom. The van der Waals surface area contributed by atoms with Crippen LogP contribution in [0.25, 0.3) is 0 Å². The van der Waals surface area contributed by atoms with E-state index < -0.39 is 35.6 Å².